The van der Waals surface area contributed by atoms with Gasteiger partial charge in [-0.15, -0.1) is 0 Å². The highest BCUT2D eigenvalue weighted by atomic mass is 15.1. The van der Waals surface area contributed by atoms with Crippen LogP contribution in [0.3, 0.4) is 0 Å². The van der Waals surface area contributed by atoms with Crippen molar-refractivity contribution in [2.45, 2.75) is 32.6 Å². The van der Waals surface area contributed by atoms with Crippen molar-refractivity contribution in [1.29, 1.82) is 0 Å². The van der Waals surface area contributed by atoms with Crippen LogP contribution in [0.4, 0.5) is 5.95 Å². The first kappa shape index (κ1) is 15.6. The molecule has 0 radical (unpaired) electrons. The number of pyridine rings is 1. The SMILES string of the molecule is Cc1nc(CCNc2nccc(-c3cccnc3)n2)nc2c1CCC2. The van der Waals surface area contributed by atoms with Crippen LogP contribution >= 0.6 is 0 Å². The van der Waals surface area contributed by atoms with Crippen LogP contribution in [0.5, 0.6) is 0 Å². The molecule has 3 aromatic rings. The molecule has 1 N–H and O–H groups in total. The summed E-state index contributed by atoms with van der Waals surface area (Å²) in [4.78, 5) is 22.3. The zero-order valence-electron chi connectivity index (χ0n) is 14.2. The van der Waals surface area contributed by atoms with Gasteiger partial charge in [-0.1, -0.05) is 0 Å². The Bertz CT molecular complexity index is 878. The lowest BCUT2D eigenvalue weighted by Gasteiger charge is -2.08. The van der Waals surface area contributed by atoms with E-state index >= 15 is 0 Å². The molecule has 0 atom stereocenters. The van der Waals surface area contributed by atoms with Crippen LogP contribution in [0.15, 0.2) is 36.8 Å². The molecular formula is C19H20N6. The highest BCUT2D eigenvalue weighted by Crippen LogP contribution is 2.22. The molecular weight excluding hydrogens is 312 g/mol. The molecule has 0 fully saturated rings. The van der Waals surface area contributed by atoms with E-state index in [4.69, 9.17) is 4.98 Å². The first-order chi connectivity index (χ1) is 12.3. The Morgan fingerprint density at radius 1 is 1.08 bits per heavy atom. The van der Waals surface area contributed by atoms with Crippen molar-refractivity contribution in [3.8, 4) is 11.3 Å². The van der Waals surface area contributed by atoms with E-state index in [1.54, 1.807) is 18.6 Å². The predicted octanol–water partition coefficient (Wildman–Crippen LogP) is 2.78. The number of rotatable bonds is 5. The topological polar surface area (TPSA) is 76.5 Å². The van der Waals surface area contributed by atoms with Crippen molar-refractivity contribution < 1.29 is 0 Å². The third-order valence-corrected chi connectivity index (χ3v) is 4.43. The summed E-state index contributed by atoms with van der Waals surface area (Å²) < 4.78 is 0. The van der Waals surface area contributed by atoms with Crippen molar-refractivity contribution in [3.63, 3.8) is 0 Å². The normalized spacial score (nSPS) is 12.8. The van der Waals surface area contributed by atoms with Crippen LogP contribution < -0.4 is 5.32 Å². The van der Waals surface area contributed by atoms with E-state index in [-0.39, 0.29) is 0 Å². The third kappa shape index (κ3) is 3.47. The second-order valence-electron chi connectivity index (χ2n) is 6.19. The van der Waals surface area contributed by atoms with E-state index in [1.165, 1.54) is 17.7 Å². The average Bonchev–Trinajstić information content (AvgIpc) is 3.12. The molecule has 25 heavy (non-hydrogen) atoms. The number of hydrogen-bond acceptors (Lipinski definition) is 6. The number of fused-ring (bicyclic) bond motifs is 1. The van der Waals surface area contributed by atoms with Gasteiger partial charge in [0.05, 0.1) is 5.69 Å². The number of anilines is 1. The second kappa shape index (κ2) is 6.93. The lowest BCUT2D eigenvalue weighted by atomic mass is 10.2. The molecule has 0 bridgehead atoms. The molecule has 0 aromatic carbocycles. The molecule has 126 valence electrons. The summed E-state index contributed by atoms with van der Waals surface area (Å²) in [6.45, 7) is 2.79. The minimum Gasteiger partial charge on any atom is -0.354 e. The molecule has 1 aliphatic carbocycles. The van der Waals surface area contributed by atoms with E-state index in [2.05, 4.69) is 32.2 Å². The first-order valence-corrected chi connectivity index (χ1v) is 8.62. The van der Waals surface area contributed by atoms with Gasteiger partial charge < -0.3 is 5.32 Å². The number of hydrogen-bond donors (Lipinski definition) is 1. The van der Waals surface area contributed by atoms with Gasteiger partial charge in [-0.25, -0.2) is 19.9 Å². The van der Waals surface area contributed by atoms with Gasteiger partial charge in [-0.3, -0.25) is 4.98 Å². The fourth-order valence-electron chi connectivity index (χ4n) is 3.20. The number of aryl methyl sites for hydroxylation is 2. The summed E-state index contributed by atoms with van der Waals surface area (Å²) in [5.74, 6) is 1.51. The van der Waals surface area contributed by atoms with Crippen molar-refractivity contribution >= 4 is 5.95 Å². The Morgan fingerprint density at radius 3 is 2.92 bits per heavy atom. The largest absolute Gasteiger partial charge is 0.354 e. The third-order valence-electron chi connectivity index (χ3n) is 4.43. The van der Waals surface area contributed by atoms with Crippen LogP contribution in [-0.4, -0.2) is 31.5 Å². The van der Waals surface area contributed by atoms with Gasteiger partial charge in [0.25, 0.3) is 0 Å². The Labute approximate surface area is 146 Å². The highest BCUT2D eigenvalue weighted by Gasteiger charge is 2.16. The molecule has 4 rings (SSSR count). The van der Waals surface area contributed by atoms with Crippen LogP contribution in [-0.2, 0) is 19.3 Å². The van der Waals surface area contributed by atoms with Crippen molar-refractivity contribution in [2.75, 3.05) is 11.9 Å². The van der Waals surface area contributed by atoms with E-state index in [9.17, 15) is 0 Å². The van der Waals surface area contributed by atoms with E-state index in [1.807, 2.05) is 18.2 Å². The van der Waals surface area contributed by atoms with Gasteiger partial charge in [-0.05, 0) is 49.9 Å². The smallest absolute Gasteiger partial charge is 0.223 e. The fourth-order valence-corrected chi connectivity index (χ4v) is 3.20. The summed E-state index contributed by atoms with van der Waals surface area (Å²) in [5, 5.41) is 3.27. The lowest BCUT2D eigenvalue weighted by Crippen LogP contribution is -2.12. The number of nitrogens with one attached hydrogen (secondary N) is 1. The summed E-state index contributed by atoms with van der Waals surface area (Å²) in [5.41, 5.74) is 5.55. The maximum atomic E-state index is 4.71. The minimum absolute atomic E-state index is 0.610. The fraction of sp³-hybridized carbons (Fsp3) is 0.316. The molecule has 6 nitrogen and oxygen atoms in total. The number of aromatic nitrogens is 5. The summed E-state index contributed by atoms with van der Waals surface area (Å²) in [6, 6.07) is 5.77. The van der Waals surface area contributed by atoms with Crippen molar-refractivity contribution in [2.24, 2.45) is 0 Å². The zero-order valence-corrected chi connectivity index (χ0v) is 14.2. The standard InChI is InChI=1S/C19H20N6/c1-13-15-5-2-6-17(15)24-18(23-13)8-11-22-19-21-10-7-16(25-19)14-4-3-9-20-12-14/h3-4,7,9-10,12H,2,5-6,8,11H2,1H3,(H,21,22,25). The number of nitrogens with zero attached hydrogens (tertiary/aromatic N) is 5. The van der Waals surface area contributed by atoms with Crippen LogP contribution in [0.2, 0.25) is 0 Å². The molecule has 0 amide bonds. The Hall–Kier alpha value is -2.89. The van der Waals surface area contributed by atoms with Gasteiger partial charge in [0, 0.05) is 48.5 Å². The molecule has 0 saturated carbocycles. The minimum atomic E-state index is 0.610. The molecule has 0 spiro atoms. The molecule has 6 heteroatoms. The zero-order chi connectivity index (χ0) is 17.1. The quantitative estimate of drug-likeness (QED) is 0.774. The molecule has 0 aliphatic heterocycles. The maximum absolute atomic E-state index is 4.71. The Morgan fingerprint density at radius 2 is 2.04 bits per heavy atom. The van der Waals surface area contributed by atoms with Gasteiger partial charge >= 0.3 is 0 Å². The Kier molecular flexibility index (Phi) is 4.33. The summed E-state index contributed by atoms with van der Waals surface area (Å²) in [7, 11) is 0. The van der Waals surface area contributed by atoms with Crippen LogP contribution in [0.25, 0.3) is 11.3 Å². The van der Waals surface area contributed by atoms with E-state index in [0.29, 0.717) is 12.5 Å². The van der Waals surface area contributed by atoms with E-state index in [0.717, 1.165) is 42.0 Å². The maximum Gasteiger partial charge on any atom is 0.223 e. The molecule has 0 saturated heterocycles. The monoisotopic (exact) mass is 332 g/mol. The van der Waals surface area contributed by atoms with Gasteiger partial charge in [0.15, 0.2) is 0 Å². The van der Waals surface area contributed by atoms with Crippen molar-refractivity contribution in [3.05, 3.63) is 59.6 Å². The molecule has 0 unspecified atom stereocenters. The van der Waals surface area contributed by atoms with Crippen LogP contribution in [0, 0.1) is 6.92 Å². The summed E-state index contributed by atoms with van der Waals surface area (Å²) in [6.07, 6.45) is 9.46. The van der Waals surface area contributed by atoms with Gasteiger partial charge in [0.2, 0.25) is 5.95 Å². The Balaban J connectivity index is 1.42. The molecule has 3 aromatic heterocycles. The average molecular weight is 332 g/mol. The van der Waals surface area contributed by atoms with Gasteiger partial charge in [0.1, 0.15) is 5.82 Å². The lowest BCUT2D eigenvalue weighted by molar-refractivity contribution is 0.842. The highest BCUT2D eigenvalue weighted by molar-refractivity contribution is 5.58. The second-order valence-corrected chi connectivity index (χ2v) is 6.19. The van der Waals surface area contributed by atoms with Gasteiger partial charge in [-0.2, -0.15) is 0 Å². The first-order valence-electron chi connectivity index (χ1n) is 8.62. The molecule has 1 aliphatic rings. The van der Waals surface area contributed by atoms with Crippen LogP contribution in [0.1, 0.15) is 29.2 Å². The predicted molar refractivity (Wildman–Crippen MR) is 96.3 cm³/mol. The van der Waals surface area contributed by atoms with Crippen molar-refractivity contribution in [1.82, 2.24) is 24.9 Å². The van der Waals surface area contributed by atoms with E-state index < -0.39 is 0 Å². The summed E-state index contributed by atoms with van der Waals surface area (Å²) >= 11 is 0. The molecule has 3 heterocycles.